The van der Waals surface area contributed by atoms with Crippen LogP contribution in [-0.4, -0.2) is 25.2 Å². The van der Waals surface area contributed by atoms with Gasteiger partial charge in [-0.2, -0.15) is 5.10 Å². The van der Waals surface area contributed by atoms with E-state index in [0.29, 0.717) is 17.1 Å². The molecule has 0 radical (unpaired) electrons. The van der Waals surface area contributed by atoms with Gasteiger partial charge in [0.2, 0.25) is 0 Å². The summed E-state index contributed by atoms with van der Waals surface area (Å²) in [6.07, 6.45) is 1.62. The molecule has 2 aromatic carbocycles. The van der Waals surface area contributed by atoms with Crippen LogP contribution in [0.2, 0.25) is 5.02 Å². The molecule has 4 aromatic rings. The monoisotopic (exact) mass is 407 g/mol. The fourth-order valence-corrected chi connectivity index (χ4v) is 3.61. The molecule has 0 saturated carbocycles. The Morgan fingerprint density at radius 2 is 1.86 bits per heavy atom. The molecule has 2 aromatic heterocycles. The Kier molecular flexibility index (Phi) is 5.11. The summed E-state index contributed by atoms with van der Waals surface area (Å²) in [5, 5.41) is 8.11. The molecule has 0 spiro atoms. The summed E-state index contributed by atoms with van der Waals surface area (Å²) in [5.41, 5.74) is 4.24. The largest absolute Gasteiger partial charge is 0.345 e. The van der Waals surface area contributed by atoms with Gasteiger partial charge in [0.1, 0.15) is 5.82 Å². The first-order chi connectivity index (χ1) is 14.0. The first-order valence-electron chi connectivity index (χ1n) is 9.48. The molecule has 0 aliphatic heterocycles. The topological polar surface area (TPSA) is 64.7 Å². The maximum absolute atomic E-state index is 12.9. The van der Waals surface area contributed by atoms with E-state index in [1.165, 1.54) is 0 Å². The summed E-state index contributed by atoms with van der Waals surface area (Å²) < 4.78 is 3.79. The first kappa shape index (κ1) is 19.2. The number of amides is 1. The second kappa shape index (κ2) is 7.72. The number of hydrogen-bond acceptors (Lipinski definition) is 3. The number of aromatic nitrogens is 4. The minimum Gasteiger partial charge on any atom is -0.345 e. The Morgan fingerprint density at radius 3 is 2.55 bits per heavy atom. The molecule has 1 N–H and O–H groups in total. The van der Waals surface area contributed by atoms with E-state index >= 15 is 0 Å². The van der Waals surface area contributed by atoms with Crippen molar-refractivity contribution in [2.24, 2.45) is 7.05 Å². The number of nitrogens with zero attached hydrogens (tertiary/aromatic N) is 4. The lowest BCUT2D eigenvalue weighted by atomic mass is 10.1. The number of rotatable bonds is 5. The van der Waals surface area contributed by atoms with Gasteiger partial charge in [0.15, 0.2) is 0 Å². The average molecular weight is 408 g/mol. The predicted octanol–water partition coefficient (Wildman–Crippen LogP) is 4.47. The predicted molar refractivity (Wildman–Crippen MR) is 115 cm³/mol. The number of aryl methyl sites for hydroxylation is 1. The molecule has 2 heterocycles. The van der Waals surface area contributed by atoms with Gasteiger partial charge >= 0.3 is 0 Å². The fraction of sp³-hybridized carbons (Fsp3) is 0.227. The van der Waals surface area contributed by atoms with Gasteiger partial charge in [-0.15, -0.1) is 0 Å². The van der Waals surface area contributed by atoms with E-state index in [1.54, 1.807) is 10.9 Å². The van der Waals surface area contributed by atoms with Crippen molar-refractivity contribution in [2.45, 2.75) is 26.3 Å². The molecule has 4 rings (SSSR count). The summed E-state index contributed by atoms with van der Waals surface area (Å²) in [6.45, 7) is 4.44. The van der Waals surface area contributed by atoms with Crippen LogP contribution < -0.4 is 5.32 Å². The van der Waals surface area contributed by atoms with E-state index in [4.69, 9.17) is 11.6 Å². The Labute approximate surface area is 174 Å². The molecule has 0 atom stereocenters. The quantitative estimate of drug-likeness (QED) is 0.531. The van der Waals surface area contributed by atoms with E-state index in [0.717, 1.165) is 28.2 Å². The van der Waals surface area contributed by atoms with Crippen molar-refractivity contribution in [3.05, 3.63) is 76.8 Å². The van der Waals surface area contributed by atoms with Crippen LogP contribution in [0.4, 0.5) is 0 Å². The molecule has 0 aliphatic rings. The van der Waals surface area contributed by atoms with Gasteiger partial charge in [-0.3, -0.25) is 4.79 Å². The molecule has 148 valence electrons. The summed E-state index contributed by atoms with van der Waals surface area (Å²) >= 11 is 6.00. The van der Waals surface area contributed by atoms with Crippen molar-refractivity contribution >= 4 is 28.5 Å². The molecule has 1 amide bonds. The van der Waals surface area contributed by atoms with E-state index in [9.17, 15) is 4.79 Å². The molecule has 7 heteroatoms. The molecule has 0 fully saturated rings. The smallest absolute Gasteiger partial charge is 0.255 e. The molecule has 0 unspecified atom stereocenters. The normalized spacial score (nSPS) is 11.3. The van der Waals surface area contributed by atoms with Crippen LogP contribution in [0.1, 0.15) is 41.6 Å². The average Bonchev–Trinajstić information content (AvgIpc) is 3.29. The SMILES string of the molecule is CC(C)c1c(C(=O)NCc2nc3ccccc3n2C)cnn1-c1ccc(Cl)cc1. The standard InChI is InChI=1S/C22H22ClN5O/c1-14(2)21-17(12-25-28(21)16-10-8-15(23)9-11-16)22(29)24-13-20-26-18-6-4-5-7-19(18)27(20)3/h4-12,14H,13H2,1-3H3,(H,24,29). The second-order valence-corrected chi connectivity index (χ2v) is 7.68. The maximum Gasteiger partial charge on any atom is 0.255 e. The van der Waals surface area contributed by atoms with Crippen LogP contribution in [0.3, 0.4) is 0 Å². The number of nitrogens with one attached hydrogen (secondary N) is 1. The number of fused-ring (bicyclic) bond motifs is 1. The van der Waals surface area contributed by atoms with E-state index in [-0.39, 0.29) is 11.8 Å². The molecule has 0 aliphatic carbocycles. The zero-order chi connectivity index (χ0) is 20.5. The van der Waals surface area contributed by atoms with Crippen molar-refractivity contribution in [1.82, 2.24) is 24.6 Å². The highest BCUT2D eigenvalue weighted by Gasteiger charge is 2.21. The summed E-state index contributed by atoms with van der Waals surface area (Å²) in [7, 11) is 1.95. The van der Waals surface area contributed by atoms with Gasteiger partial charge in [0.05, 0.1) is 40.7 Å². The Hall–Kier alpha value is -3.12. The van der Waals surface area contributed by atoms with Gasteiger partial charge in [0.25, 0.3) is 5.91 Å². The van der Waals surface area contributed by atoms with Gasteiger partial charge in [-0.05, 0) is 42.3 Å². The van der Waals surface area contributed by atoms with Gasteiger partial charge in [-0.25, -0.2) is 9.67 Å². The highest BCUT2D eigenvalue weighted by molar-refractivity contribution is 6.30. The molecule has 6 nitrogen and oxygen atoms in total. The summed E-state index contributed by atoms with van der Waals surface area (Å²) in [6, 6.07) is 15.3. The lowest BCUT2D eigenvalue weighted by Gasteiger charge is -2.13. The number of carbonyl (C=O) groups excluding carboxylic acids is 1. The zero-order valence-corrected chi connectivity index (χ0v) is 17.3. The number of hydrogen-bond donors (Lipinski definition) is 1. The van der Waals surface area contributed by atoms with Crippen LogP contribution in [0.25, 0.3) is 16.7 Å². The number of halogens is 1. The van der Waals surface area contributed by atoms with Crippen LogP contribution in [-0.2, 0) is 13.6 Å². The van der Waals surface area contributed by atoms with Crippen molar-refractivity contribution in [1.29, 1.82) is 0 Å². The second-order valence-electron chi connectivity index (χ2n) is 7.24. The van der Waals surface area contributed by atoms with Crippen LogP contribution in [0.5, 0.6) is 0 Å². The minimum absolute atomic E-state index is 0.115. The fourth-order valence-electron chi connectivity index (χ4n) is 3.48. The van der Waals surface area contributed by atoms with Crippen molar-refractivity contribution in [3.8, 4) is 5.69 Å². The van der Waals surface area contributed by atoms with E-state index in [1.807, 2.05) is 74.0 Å². The van der Waals surface area contributed by atoms with E-state index < -0.39 is 0 Å². The number of benzene rings is 2. The lowest BCUT2D eigenvalue weighted by molar-refractivity contribution is 0.0948. The Balaban J connectivity index is 1.60. The highest BCUT2D eigenvalue weighted by Crippen LogP contribution is 2.24. The minimum atomic E-state index is -0.166. The number of imidazole rings is 1. The highest BCUT2D eigenvalue weighted by atomic mass is 35.5. The third kappa shape index (κ3) is 3.63. The van der Waals surface area contributed by atoms with Crippen LogP contribution >= 0.6 is 11.6 Å². The summed E-state index contributed by atoms with van der Waals surface area (Å²) in [4.78, 5) is 17.6. The van der Waals surface area contributed by atoms with Gasteiger partial charge < -0.3 is 9.88 Å². The van der Waals surface area contributed by atoms with Crippen molar-refractivity contribution in [2.75, 3.05) is 0 Å². The first-order valence-corrected chi connectivity index (χ1v) is 9.86. The third-order valence-electron chi connectivity index (χ3n) is 4.96. The van der Waals surface area contributed by atoms with E-state index in [2.05, 4.69) is 15.4 Å². The van der Waals surface area contributed by atoms with Gasteiger partial charge in [0, 0.05) is 12.1 Å². The Morgan fingerprint density at radius 1 is 1.14 bits per heavy atom. The molecular weight excluding hydrogens is 386 g/mol. The number of carbonyl (C=O) groups is 1. The van der Waals surface area contributed by atoms with Crippen LogP contribution in [0.15, 0.2) is 54.7 Å². The number of para-hydroxylation sites is 2. The van der Waals surface area contributed by atoms with Crippen molar-refractivity contribution < 1.29 is 4.79 Å². The molecule has 0 saturated heterocycles. The Bertz CT molecular complexity index is 1170. The summed E-state index contributed by atoms with van der Waals surface area (Å²) in [5.74, 6) is 0.751. The molecule has 29 heavy (non-hydrogen) atoms. The van der Waals surface area contributed by atoms with Crippen LogP contribution in [0, 0.1) is 0 Å². The lowest BCUT2D eigenvalue weighted by Crippen LogP contribution is -2.25. The molecular formula is C22H22ClN5O. The van der Waals surface area contributed by atoms with Gasteiger partial charge in [-0.1, -0.05) is 37.6 Å². The zero-order valence-electron chi connectivity index (χ0n) is 16.6. The maximum atomic E-state index is 12.9. The molecule has 0 bridgehead atoms. The third-order valence-corrected chi connectivity index (χ3v) is 5.21. The van der Waals surface area contributed by atoms with Crippen molar-refractivity contribution in [3.63, 3.8) is 0 Å².